The minimum atomic E-state index is -4.43. The number of aryl methyl sites for hydroxylation is 2. The number of hydrogen-bond acceptors (Lipinski definition) is 1. The number of nitrogens with two attached hydrogens (primary N) is 1. The molecular weight excluding hydrogens is 299 g/mol. The van der Waals surface area contributed by atoms with E-state index in [2.05, 4.69) is 0 Å². The Hall–Kier alpha value is -1.52. The highest BCUT2D eigenvalue weighted by Crippen LogP contribution is 2.36. The molecule has 0 saturated heterocycles. The highest BCUT2D eigenvalue weighted by Gasteiger charge is 2.34. The summed E-state index contributed by atoms with van der Waals surface area (Å²) in [5.41, 5.74) is 7.66. The lowest BCUT2D eigenvalue weighted by atomic mass is 9.91. The van der Waals surface area contributed by atoms with E-state index >= 15 is 0 Å². The molecule has 0 aliphatic carbocycles. The summed E-state index contributed by atoms with van der Waals surface area (Å²) in [7, 11) is 0. The number of benzene rings is 2. The molecule has 0 amide bonds. The molecule has 112 valence electrons. The van der Waals surface area contributed by atoms with Crippen molar-refractivity contribution in [2.75, 3.05) is 0 Å². The maximum Gasteiger partial charge on any atom is 0.416 e. The van der Waals surface area contributed by atoms with E-state index < -0.39 is 17.8 Å². The summed E-state index contributed by atoms with van der Waals surface area (Å²) in [5.74, 6) is 0. The zero-order valence-electron chi connectivity index (χ0n) is 11.6. The second-order valence-corrected chi connectivity index (χ2v) is 5.43. The Bertz CT molecular complexity index is 665. The lowest BCUT2D eigenvalue weighted by Gasteiger charge is -2.21. The van der Waals surface area contributed by atoms with Gasteiger partial charge in [0, 0.05) is 5.02 Å². The van der Waals surface area contributed by atoms with Gasteiger partial charge >= 0.3 is 6.18 Å². The van der Waals surface area contributed by atoms with Gasteiger partial charge in [0.2, 0.25) is 0 Å². The van der Waals surface area contributed by atoms with Crippen molar-refractivity contribution in [1.29, 1.82) is 0 Å². The standard InChI is InChI=1S/C16H15ClF3N/c1-9-8-14(17)10(2)7-12(9)15(21)11-5-3-4-6-13(11)16(18,19)20/h3-8,15H,21H2,1-2H3. The molecule has 21 heavy (non-hydrogen) atoms. The van der Waals surface area contributed by atoms with Gasteiger partial charge in [-0.2, -0.15) is 13.2 Å². The quantitative estimate of drug-likeness (QED) is 0.827. The van der Waals surface area contributed by atoms with Gasteiger partial charge in [-0.25, -0.2) is 0 Å². The molecule has 1 atom stereocenters. The zero-order valence-corrected chi connectivity index (χ0v) is 12.4. The molecule has 1 unspecified atom stereocenters. The third-order valence-corrected chi connectivity index (χ3v) is 3.89. The average molecular weight is 314 g/mol. The smallest absolute Gasteiger partial charge is 0.320 e. The van der Waals surface area contributed by atoms with Gasteiger partial charge in [0.05, 0.1) is 11.6 Å². The Morgan fingerprint density at radius 3 is 2.24 bits per heavy atom. The van der Waals surface area contributed by atoms with Gasteiger partial charge in [0.1, 0.15) is 0 Å². The van der Waals surface area contributed by atoms with Crippen molar-refractivity contribution in [3.8, 4) is 0 Å². The lowest BCUT2D eigenvalue weighted by molar-refractivity contribution is -0.138. The van der Waals surface area contributed by atoms with Gasteiger partial charge in [-0.1, -0.05) is 35.9 Å². The van der Waals surface area contributed by atoms with Gasteiger partial charge in [0.25, 0.3) is 0 Å². The first-order chi connectivity index (χ1) is 9.71. The minimum Gasteiger partial charge on any atom is -0.320 e. The largest absolute Gasteiger partial charge is 0.416 e. The van der Waals surface area contributed by atoms with Gasteiger partial charge in [0.15, 0.2) is 0 Å². The van der Waals surface area contributed by atoms with Gasteiger partial charge in [-0.15, -0.1) is 0 Å². The van der Waals surface area contributed by atoms with Crippen LogP contribution in [0.25, 0.3) is 0 Å². The number of halogens is 4. The molecule has 2 N–H and O–H groups in total. The fraction of sp³-hybridized carbons (Fsp3) is 0.250. The first-order valence-electron chi connectivity index (χ1n) is 6.40. The molecule has 0 radical (unpaired) electrons. The van der Waals surface area contributed by atoms with Crippen molar-refractivity contribution in [1.82, 2.24) is 0 Å². The molecule has 0 heterocycles. The molecule has 0 spiro atoms. The van der Waals surface area contributed by atoms with E-state index in [9.17, 15) is 13.2 Å². The molecule has 2 aromatic carbocycles. The summed E-state index contributed by atoms with van der Waals surface area (Å²) in [6.07, 6.45) is -4.43. The fourth-order valence-corrected chi connectivity index (χ4v) is 2.55. The van der Waals surface area contributed by atoms with Crippen LogP contribution < -0.4 is 5.73 Å². The SMILES string of the molecule is Cc1cc(C(N)c2ccccc2C(F)(F)F)c(C)cc1Cl. The molecule has 0 saturated carbocycles. The minimum absolute atomic E-state index is 0.0647. The Morgan fingerprint density at radius 2 is 1.62 bits per heavy atom. The average Bonchev–Trinajstić information content (AvgIpc) is 2.41. The van der Waals surface area contributed by atoms with Crippen molar-refractivity contribution in [3.05, 3.63) is 69.2 Å². The third-order valence-electron chi connectivity index (χ3n) is 3.48. The number of hydrogen-bond donors (Lipinski definition) is 1. The van der Waals surface area contributed by atoms with E-state index in [1.165, 1.54) is 12.1 Å². The van der Waals surface area contributed by atoms with Gasteiger partial charge < -0.3 is 5.73 Å². The first-order valence-corrected chi connectivity index (χ1v) is 6.78. The molecule has 0 aromatic heterocycles. The lowest BCUT2D eigenvalue weighted by Crippen LogP contribution is -2.19. The maximum atomic E-state index is 13.1. The van der Waals surface area contributed by atoms with E-state index in [4.69, 9.17) is 17.3 Å². The van der Waals surface area contributed by atoms with E-state index in [0.717, 1.165) is 17.2 Å². The summed E-state index contributed by atoms with van der Waals surface area (Å²) in [6, 6.07) is 8.00. The molecule has 2 rings (SSSR count). The molecule has 0 fully saturated rings. The molecule has 0 bridgehead atoms. The van der Waals surface area contributed by atoms with Crippen molar-refractivity contribution < 1.29 is 13.2 Å². The molecule has 0 aliphatic heterocycles. The summed E-state index contributed by atoms with van der Waals surface area (Å²) < 4.78 is 39.3. The van der Waals surface area contributed by atoms with Crippen molar-refractivity contribution in [3.63, 3.8) is 0 Å². The molecule has 1 nitrogen and oxygen atoms in total. The summed E-state index contributed by atoms with van der Waals surface area (Å²) >= 11 is 6.02. The van der Waals surface area contributed by atoms with Crippen LogP contribution in [0.15, 0.2) is 36.4 Å². The van der Waals surface area contributed by atoms with E-state index in [1.807, 2.05) is 0 Å². The topological polar surface area (TPSA) is 26.0 Å². The number of rotatable bonds is 2. The van der Waals surface area contributed by atoms with Crippen LogP contribution in [0.3, 0.4) is 0 Å². The highest BCUT2D eigenvalue weighted by atomic mass is 35.5. The molecule has 0 aliphatic rings. The van der Waals surface area contributed by atoms with Crippen molar-refractivity contribution in [2.45, 2.75) is 26.1 Å². The summed E-state index contributed by atoms with van der Waals surface area (Å²) in [6.45, 7) is 3.59. The van der Waals surface area contributed by atoms with Crippen LogP contribution in [-0.2, 0) is 6.18 Å². The van der Waals surface area contributed by atoms with E-state index in [-0.39, 0.29) is 5.56 Å². The van der Waals surface area contributed by atoms with Crippen LogP contribution in [-0.4, -0.2) is 0 Å². The van der Waals surface area contributed by atoms with Crippen LogP contribution in [0.5, 0.6) is 0 Å². The fourth-order valence-electron chi connectivity index (χ4n) is 2.33. The first kappa shape index (κ1) is 15.9. The molecular formula is C16H15ClF3N. The normalized spacial score (nSPS) is 13.3. The Kier molecular flexibility index (Phi) is 4.30. The van der Waals surface area contributed by atoms with Crippen molar-refractivity contribution >= 4 is 11.6 Å². The predicted molar refractivity (Wildman–Crippen MR) is 78.4 cm³/mol. The highest BCUT2D eigenvalue weighted by molar-refractivity contribution is 6.31. The monoisotopic (exact) mass is 313 g/mol. The Labute approximate surface area is 126 Å². The third kappa shape index (κ3) is 3.22. The van der Waals surface area contributed by atoms with Crippen LogP contribution in [0.4, 0.5) is 13.2 Å². The molecule has 2 aromatic rings. The van der Waals surface area contributed by atoms with Gasteiger partial charge in [-0.05, 0) is 48.2 Å². The van der Waals surface area contributed by atoms with Gasteiger partial charge in [-0.3, -0.25) is 0 Å². The predicted octanol–water partition coefficient (Wildman–Crippen LogP) is 5.02. The second-order valence-electron chi connectivity index (χ2n) is 5.02. The summed E-state index contributed by atoms with van der Waals surface area (Å²) in [5, 5.41) is 0.576. The van der Waals surface area contributed by atoms with Crippen LogP contribution in [0.2, 0.25) is 5.02 Å². The van der Waals surface area contributed by atoms with Crippen LogP contribution in [0, 0.1) is 13.8 Å². The van der Waals surface area contributed by atoms with Crippen LogP contribution in [0.1, 0.15) is 33.9 Å². The Balaban J connectivity index is 2.56. The summed E-state index contributed by atoms with van der Waals surface area (Å²) in [4.78, 5) is 0. The van der Waals surface area contributed by atoms with Crippen LogP contribution >= 0.6 is 11.6 Å². The van der Waals surface area contributed by atoms with Crippen molar-refractivity contribution in [2.24, 2.45) is 5.73 Å². The van der Waals surface area contributed by atoms with E-state index in [1.54, 1.807) is 32.0 Å². The Morgan fingerprint density at radius 1 is 1.00 bits per heavy atom. The molecule has 5 heteroatoms. The van der Waals surface area contributed by atoms with E-state index in [0.29, 0.717) is 10.6 Å². The maximum absolute atomic E-state index is 13.1. The second kappa shape index (κ2) is 5.70. The number of alkyl halides is 3. The zero-order chi connectivity index (χ0) is 15.8.